The Labute approximate surface area is 98.3 Å². The van der Waals surface area contributed by atoms with Gasteiger partial charge in [-0.05, 0) is 26.0 Å². The quantitative estimate of drug-likeness (QED) is 0.828. The Bertz CT molecular complexity index is 476. The van der Waals surface area contributed by atoms with Gasteiger partial charge in [-0.25, -0.2) is 9.97 Å². The molecule has 0 aliphatic heterocycles. The minimum absolute atomic E-state index is 0.649. The van der Waals surface area contributed by atoms with Crippen LogP contribution in [0.2, 0.25) is 0 Å². The summed E-state index contributed by atoms with van der Waals surface area (Å²) in [7, 11) is 0. The Balaban J connectivity index is 2.05. The van der Waals surface area contributed by atoms with Gasteiger partial charge in [0.05, 0.1) is 17.1 Å². The zero-order chi connectivity index (χ0) is 11.5. The van der Waals surface area contributed by atoms with E-state index in [2.05, 4.69) is 9.97 Å². The van der Waals surface area contributed by atoms with Crippen LogP contribution in [0.3, 0.4) is 0 Å². The fourth-order valence-electron chi connectivity index (χ4n) is 1.25. The first kappa shape index (κ1) is 11.0. The maximum Gasteiger partial charge on any atom is 0.205 e. The van der Waals surface area contributed by atoms with E-state index in [9.17, 15) is 0 Å². The molecule has 0 unspecified atom stereocenters. The molecule has 5 heteroatoms. The maximum atomic E-state index is 5.79. The molecule has 84 valence electrons. The summed E-state index contributed by atoms with van der Waals surface area (Å²) in [5.74, 6) is 2.23. The Morgan fingerprint density at radius 2 is 2.25 bits per heavy atom. The maximum absolute atomic E-state index is 5.79. The first-order chi connectivity index (χ1) is 7.66. The van der Waals surface area contributed by atoms with Crippen LogP contribution in [0.25, 0.3) is 0 Å². The van der Waals surface area contributed by atoms with Crippen molar-refractivity contribution < 1.29 is 4.42 Å². The topological polar surface area (TPSA) is 64.9 Å². The van der Waals surface area contributed by atoms with Crippen molar-refractivity contribution in [3.63, 3.8) is 0 Å². The van der Waals surface area contributed by atoms with E-state index in [0.717, 1.165) is 16.5 Å². The van der Waals surface area contributed by atoms with Crippen molar-refractivity contribution in [1.29, 1.82) is 0 Å². The average molecular weight is 235 g/mol. The van der Waals surface area contributed by atoms with Crippen molar-refractivity contribution in [2.24, 2.45) is 0 Å². The molecule has 0 amide bonds. The predicted octanol–water partition coefficient (Wildman–Crippen LogP) is 2.56. The fourth-order valence-corrected chi connectivity index (χ4v) is 2.01. The van der Waals surface area contributed by atoms with Crippen molar-refractivity contribution >= 4 is 17.4 Å². The molecule has 0 aliphatic carbocycles. The summed E-state index contributed by atoms with van der Waals surface area (Å²) in [6.07, 6.45) is 1.73. The number of oxazole rings is 1. The highest BCUT2D eigenvalue weighted by molar-refractivity contribution is 7.98. The van der Waals surface area contributed by atoms with E-state index in [1.165, 1.54) is 11.8 Å². The molecule has 0 bridgehead atoms. The minimum atomic E-state index is 0.649. The van der Waals surface area contributed by atoms with E-state index in [4.69, 9.17) is 10.2 Å². The lowest BCUT2D eigenvalue weighted by Gasteiger charge is -2.00. The molecule has 2 heterocycles. The number of rotatable bonds is 3. The monoisotopic (exact) mass is 235 g/mol. The molecule has 0 atom stereocenters. The van der Waals surface area contributed by atoms with Gasteiger partial charge >= 0.3 is 0 Å². The van der Waals surface area contributed by atoms with Gasteiger partial charge in [-0.1, -0.05) is 11.8 Å². The summed E-state index contributed by atoms with van der Waals surface area (Å²) in [6, 6.07) is 3.65. The Morgan fingerprint density at radius 3 is 2.88 bits per heavy atom. The van der Waals surface area contributed by atoms with E-state index in [1.54, 1.807) is 6.20 Å². The summed E-state index contributed by atoms with van der Waals surface area (Å²) >= 11 is 1.53. The van der Waals surface area contributed by atoms with Gasteiger partial charge in [-0.2, -0.15) is 0 Å². The van der Waals surface area contributed by atoms with E-state index >= 15 is 0 Å². The van der Waals surface area contributed by atoms with Gasteiger partial charge in [0.25, 0.3) is 0 Å². The zero-order valence-corrected chi connectivity index (χ0v) is 10.0. The largest absolute Gasteiger partial charge is 0.445 e. The number of hydrogen-bond donors (Lipinski definition) is 1. The highest BCUT2D eigenvalue weighted by atomic mass is 32.2. The van der Waals surface area contributed by atoms with Crippen LogP contribution in [-0.2, 0) is 5.75 Å². The van der Waals surface area contributed by atoms with Gasteiger partial charge in [-0.15, -0.1) is 0 Å². The molecule has 0 spiro atoms. The number of thioether (sulfide) groups is 1. The van der Waals surface area contributed by atoms with Crippen molar-refractivity contribution in [3.05, 3.63) is 35.7 Å². The molecule has 2 aromatic rings. The Hall–Kier alpha value is -1.49. The molecule has 2 rings (SSSR count). The number of nitrogens with zero attached hydrogens (tertiary/aromatic N) is 2. The first-order valence-electron chi connectivity index (χ1n) is 4.93. The molecule has 0 radical (unpaired) electrons. The summed E-state index contributed by atoms with van der Waals surface area (Å²) in [5.41, 5.74) is 7.41. The summed E-state index contributed by atoms with van der Waals surface area (Å²) in [4.78, 5) is 8.49. The fraction of sp³-hybridized carbons (Fsp3) is 0.273. The van der Waals surface area contributed by atoms with E-state index in [0.29, 0.717) is 17.3 Å². The van der Waals surface area contributed by atoms with Gasteiger partial charge < -0.3 is 10.2 Å². The van der Waals surface area contributed by atoms with Crippen LogP contribution in [-0.4, -0.2) is 9.97 Å². The third-order valence-electron chi connectivity index (χ3n) is 2.21. The summed E-state index contributed by atoms with van der Waals surface area (Å²) in [5, 5.41) is 0.816. The van der Waals surface area contributed by atoms with Crippen molar-refractivity contribution in [2.45, 2.75) is 24.6 Å². The smallest absolute Gasteiger partial charge is 0.205 e. The van der Waals surface area contributed by atoms with Crippen LogP contribution < -0.4 is 5.73 Å². The lowest BCUT2D eigenvalue weighted by Crippen LogP contribution is -1.91. The molecule has 0 aliphatic rings. The minimum Gasteiger partial charge on any atom is -0.445 e. The number of pyridine rings is 1. The number of anilines is 1. The number of hydrogen-bond acceptors (Lipinski definition) is 5. The average Bonchev–Trinajstić information content (AvgIpc) is 2.57. The van der Waals surface area contributed by atoms with Gasteiger partial charge in [-0.3, -0.25) is 0 Å². The molecular formula is C11H13N3OS. The van der Waals surface area contributed by atoms with Gasteiger partial charge in [0.2, 0.25) is 5.89 Å². The molecule has 4 nitrogen and oxygen atoms in total. The number of nitrogens with two attached hydrogens (primary N) is 1. The molecule has 2 N–H and O–H groups in total. The second-order valence-electron chi connectivity index (χ2n) is 3.44. The summed E-state index contributed by atoms with van der Waals surface area (Å²) < 4.78 is 5.48. The number of aryl methyl sites for hydroxylation is 2. The lowest BCUT2D eigenvalue weighted by molar-refractivity contribution is 0.489. The van der Waals surface area contributed by atoms with E-state index in [1.807, 2.05) is 26.0 Å². The van der Waals surface area contributed by atoms with Crippen molar-refractivity contribution in [1.82, 2.24) is 9.97 Å². The molecule has 0 fully saturated rings. The third-order valence-corrected chi connectivity index (χ3v) is 3.21. The van der Waals surface area contributed by atoms with Crippen LogP contribution in [0.5, 0.6) is 0 Å². The Kier molecular flexibility index (Phi) is 3.14. The van der Waals surface area contributed by atoms with Gasteiger partial charge in [0.15, 0.2) is 0 Å². The predicted molar refractivity (Wildman–Crippen MR) is 64.2 cm³/mol. The normalized spacial score (nSPS) is 10.6. The molecule has 2 aromatic heterocycles. The first-order valence-corrected chi connectivity index (χ1v) is 5.91. The second kappa shape index (κ2) is 4.57. The SMILES string of the molecule is Cc1nc(CSc2ncccc2N)oc1C. The van der Waals surface area contributed by atoms with Gasteiger partial charge in [0, 0.05) is 6.20 Å². The second-order valence-corrected chi connectivity index (χ2v) is 4.40. The van der Waals surface area contributed by atoms with Gasteiger partial charge in [0.1, 0.15) is 10.8 Å². The molecule has 0 saturated carbocycles. The number of nitrogen functional groups attached to an aromatic ring is 1. The van der Waals surface area contributed by atoms with Crippen LogP contribution in [0.4, 0.5) is 5.69 Å². The van der Waals surface area contributed by atoms with E-state index in [-0.39, 0.29) is 0 Å². The van der Waals surface area contributed by atoms with Crippen LogP contribution in [0, 0.1) is 13.8 Å². The third kappa shape index (κ3) is 2.36. The standard InChI is InChI=1S/C11H13N3OS/c1-7-8(2)15-10(14-7)6-16-11-9(12)4-3-5-13-11/h3-5H,6,12H2,1-2H3. The van der Waals surface area contributed by atoms with Crippen molar-refractivity contribution in [2.75, 3.05) is 5.73 Å². The van der Waals surface area contributed by atoms with Crippen LogP contribution in [0.1, 0.15) is 17.3 Å². The zero-order valence-electron chi connectivity index (χ0n) is 9.23. The molecule has 0 saturated heterocycles. The van der Waals surface area contributed by atoms with E-state index < -0.39 is 0 Å². The lowest BCUT2D eigenvalue weighted by atomic mass is 10.4. The van der Waals surface area contributed by atoms with Crippen LogP contribution in [0.15, 0.2) is 27.8 Å². The molecule has 0 aromatic carbocycles. The highest BCUT2D eigenvalue weighted by Crippen LogP contribution is 2.25. The molecule has 16 heavy (non-hydrogen) atoms. The highest BCUT2D eigenvalue weighted by Gasteiger charge is 2.07. The van der Waals surface area contributed by atoms with Crippen LogP contribution >= 0.6 is 11.8 Å². The van der Waals surface area contributed by atoms with Crippen molar-refractivity contribution in [3.8, 4) is 0 Å². The number of aromatic nitrogens is 2. The molecular weight excluding hydrogens is 222 g/mol. The summed E-state index contributed by atoms with van der Waals surface area (Å²) in [6.45, 7) is 3.84. The Morgan fingerprint density at radius 1 is 1.44 bits per heavy atom.